The van der Waals surface area contributed by atoms with Crippen molar-refractivity contribution in [3.05, 3.63) is 0 Å². The maximum Gasteiger partial charge on any atom is 0.303 e. The summed E-state index contributed by atoms with van der Waals surface area (Å²) in [6.45, 7) is 2.77. The van der Waals surface area contributed by atoms with Crippen molar-refractivity contribution in [1.29, 1.82) is 0 Å². The van der Waals surface area contributed by atoms with Crippen LogP contribution in [0.4, 0.5) is 0 Å². The molecule has 8 heteroatoms. The van der Waals surface area contributed by atoms with Gasteiger partial charge in [0, 0.05) is 12.8 Å². The maximum atomic E-state index is 10.1. The Hall–Kier alpha value is -1.22. The van der Waals surface area contributed by atoms with Crippen molar-refractivity contribution in [1.82, 2.24) is 0 Å². The summed E-state index contributed by atoms with van der Waals surface area (Å²) in [4.78, 5) is 20.3. The topological polar surface area (TPSA) is 156 Å². The van der Waals surface area contributed by atoms with Gasteiger partial charge in [-0.25, -0.2) is 0 Å². The van der Waals surface area contributed by atoms with Gasteiger partial charge in [-0.3, -0.25) is 9.59 Å². The van der Waals surface area contributed by atoms with Gasteiger partial charge < -0.3 is 30.6 Å². The summed E-state index contributed by atoms with van der Waals surface area (Å²) in [5.74, 6) is -1.33. The number of aliphatic hydroxyl groups excluding tert-OH is 4. The summed E-state index contributed by atoms with van der Waals surface area (Å²) in [5.41, 5.74) is -1.11. The molecule has 8 nitrogen and oxygen atoms in total. The molecule has 0 spiro atoms. The minimum Gasteiger partial charge on any atom is -0.481 e. The van der Waals surface area contributed by atoms with E-state index in [1.165, 1.54) is 64.2 Å². The summed E-state index contributed by atoms with van der Waals surface area (Å²) >= 11 is 0. The Kier molecular flexibility index (Phi) is 31.7. The Morgan fingerprint density at radius 2 is 0.727 bits per heavy atom. The molecule has 0 fully saturated rings. The third-order valence-electron chi connectivity index (χ3n) is 5.33. The van der Waals surface area contributed by atoms with Crippen LogP contribution in [-0.4, -0.2) is 69.0 Å². The van der Waals surface area contributed by atoms with Gasteiger partial charge in [-0.1, -0.05) is 90.9 Å². The van der Waals surface area contributed by atoms with E-state index in [2.05, 4.69) is 13.8 Å². The van der Waals surface area contributed by atoms with Crippen molar-refractivity contribution in [3.63, 3.8) is 0 Å². The van der Waals surface area contributed by atoms with Crippen LogP contribution in [0.1, 0.15) is 117 Å². The SMILES string of the molecule is CCCCCCCCCC(=O)O.CCCCCCCCCC(=O)O.OCC(CO)(CO)CO. The number of unbranched alkanes of at least 4 members (excludes halogenated alkanes) is 12. The van der Waals surface area contributed by atoms with Crippen molar-refractivity contribution in [2.45, 2.75) is 117 Å². The first-order valence-corrected chi connectivity index (χ1v) is 12.7. The van der Waals surface area contributed by atoms with E-state index in [0.717, 1.165) is 25.7 Å². The first kappa shape index (κ1) is 36.4. The predicted molar refractivity (Wildman–Crippen MR) is 131 cm³/mol. The smallest absolute Gasteiger partial charge is 0.303 e. The molecule has 0 saturated carbocycles. The highest BCUT2D eigenvalue weighted by Gasteiger charge is 2.26. The molecule has 0 atom stereocenters. The summed E-state index contributed by atoms with van der Waals surface area (Å²) in [6.07, 6.45) is 17.3. The lowest BCUT2D eigenvalue weighted by Crippen LogP contribution is -2.37. The van der Waals surface area contributed by atoms with Crippen LogP contribution in [0.3, 0.4) is 0 Å². The Balaban J connectivity index is -0.000000414. The van der Waals surface area contributed by atoms with E-state index in [9.17, 15) is 9.59 Å². The summed E-state index contributed by atoms with van der Waals surface area (Å²) in [5, 5.41) is 50.7. The number of aliphatic carboxylic acids is 2. The van der Waals surface area contributed by atoms with E-state index in [1.54, 1.807) is 0 Å². The van der Waals surface area contributed by atoms with Crippen LogP contribution < -0.4 is 0 Å². The molecule has 0 aliphatic carbocycles. The molecular weight excluding hydrogens is 428 g/mol. The molecule has 0 radical (unpaired) electrons. The minimum atomic E-state index is -1.11. The van der Waals surface area contributed by atoms with Crippen LogP contribution in [0, 0.1) is 5.41 Å². The first-order chi connectivity index (χ1) is 15.8. The molecule has 0 aromatic rings. The molecule has 0 bridgehead atoms. The van der Waals surface area contributed by atoms with Crippen LogP contribution in [0.15, 0.2) is 0 Å². The molecule has 0 rings (SSSR count). The molecule has 0 aliphatic heterocycles. The van der Waals surface area contributed by atoms with E-state index in [-0.39, 0.29) is 0 Å². The predicted octanol–water partition coefficient (Wildman–Crippen LogP) is 4.37. The van der Waals surface area contributed by atoms with Gasteiger partial charge in [0.05, 0.1) is 31.8 Å². The zero-order valence-corrected chi connectivity index (χ0v) is 21.1. The van der Waals surface area contributed by atoms with E-state index < -0.39 is 43.8 Å². The lowest BCUT2D eigenvalue weighted by Gasteiger charge is -2.23. The largest absolute Gasteiger partial charge is 0.481 e. The number of rotatable bonds is 20. The van der Waals surface area contributed by atoms with E-state index in [4.69, 9.17) is 30.6 Å². The van der Waals surface area contributed by atoms with Crippen molar-refractivity contribution in [2.24, 2.45) is 5.41 Å². The zero-order valence-electron chi connectivity index (χ0n) is 21.1. The zero-order chi connectivity index (χ0) is 25.8. The normalized spacial score (nSPS) is 10.6. The molecule has 33 heavy (non-hydrogen) atoms. The second-order valence-electron chi connectivity index (χ2n) is 8.66. The number of carbonyl (C=O) groups is 2. The summed E-state index contributed by atoms with van der Waals surface area (Å²) in [6, 6.07) is 0. The molecule has 6 N–H and O–H groups in total. The quantitative estimate of drug-likeness (QED) is 0.140. The Morgan fingerprint density at radius 1 is 0.485 bits per heavy atom. The van der Waals surface area contributed by atoms with Gasteiger partial charge >= 0.3 is 11.9 Å². The van der Waals surface area contributed by atoms with Crippen molar-refractivity contribution in [3.8, 4) is 0 Å². The molecule has 0 amide bonds. The number of hydrogen-bond acceptors (Lipinski definition) is 6. The lowest BCUT2D eigenvalue weighted by atomic mass is 9.93. The molecule has 0 heterocycles. The Morgan fingerprint density at radius 3 is 0.909 bits per heavy atom. The van der Waals surface area contributed by atoms with Gasteiger partial charge in [0.25, 0.3) is 0 Å². The molecule has 200 valence electrons. The second kappa shape index (κ2) is 28.8. The van der Waals surface area contributed by atoms with E-state index >= 15 is 0 Å². The average Bonchev–Trinajstić information content (AvgIpc) is 2.80. The fourth-order valence-electron chi connectivity index (χ4n) is 2.77. The monoisotopic (exact) mass is 480 g/mol. The standard InChI is InChI=1S/2C10H20O2.C5H12O4/c2*1-2-3-4-5-6-7-8-9-10(11)12;6-1-5(2-7,3-8)4-9/h2*2-9H2,1H3,(H,11,12);6-9H,1-4H2. The number of carboxylic acids is 2. The maximum absolute atomic E-state index is 10.1. The molecule has 0 unspecified atom stereocenters. The van der Waals surface area contributed by atoms with Gasteiger partial charge in [-0.15, -0.1) is 0 Å². The number of aliphatic hydroxyl groups is 4. The average molecular weight is 481 g/mol. The third kappa shape index (κ3) is 30.8. The Bertz CT molecular complexity index is 366. The summed E-state index contributed by atoms with van der Waals surface area (Å²) < 4.78 is 0. The molecule has 0 aromatic heterocycles. The van der Waals surface area contributed by atoms with Crippen LogP contribution >= 0.6 is 0 Å². The van der Waals surface area contributed by atoms with Crippen molar-refractivity contribution >= 4 is 11.9 Å². The highest BCUT2D eigenvalue weighted by molar-refractivity contribution is 5.66. The van der Waals surface area contributed by atoms with E-state index in [1.807, 2.05) is 0 Å². The number of hydrogen-bond donors (Lipinski definition) is 6. The minimum absolute atomic E-state index is 0.341. The van der Waals surface area contributed by atoms with Gasteiger partial charge in [-0.2, -0.15) is 0 Å². The van der Waals surface area contributed by atoms with Gasteiger partial charge in [-0.05, 0) is 12.8 Å². The third-order valence-corrected chi connectivity index (χ3v) is 5.33. The van der Waals surface area contributed by atoms with Crippen LogP contribution in [0.2, 0.25) is 0 Å². The van der Waals surface area contributed by atoms with Gasteiger partial charge in [0.2, 0.25) is 0 Å². The fourth-order valence-corrected chi connectivity index (χ4v) is 2.77. The van der Waals surface area contributed by atoms with Crippen LogP contribution in [-0.2, 0) is 9.59 Å². The summed E-state index contributed by atoms with van der Waals surface area (Å²) in [7, 11) is 0. The van der Waals surface area contributed by atoms with Crippen molar-refractivity contribution < 1.29 is 40.2 Å². The van der Waals surface area contributed by atoms with Crippen molar-refractivity contribution in [2.75, 3.05) is 26.4 Å². The number of carboxylic acid groups (broad SMARTS) is 2. The molecule has 0 saturated heterocycles. The fraction of sp³-hybridized carbons (Fsp3) is 0.920. The molecular formula is C25H52O8. The van der Waals surface area contributed by atoms with E-state index in [0.29, 0.717) is 12.8 Å². The molecule has 0 aromatic carbocycles. The van der Waals surface area contributed by atoms with Gasteiger partial charge in [0.15, 0.2) is 0 Å². The van der Waals surface area contributed by atoms with Crippen LogP contribution in [0.5, 0.6) is 0 Å². The van der Waals surface area contributed by atoms with Gasteiger partial charge in [0.1, 0.15) is 0 Å². The molecule has 0 aliphatic rings. The highest BCUT2D eigenvalue weighted by atomic mass is 16.4. The Labute approximate surface area is 201 Å². The highest BCUT2D eigenvalue weighted by Crippen LogP contribution is 2.12. The lowest BCUT2D eigenvalue weighted by molar-refractivity contribution is -0.138. The first-order valence-electron chi connectivity index (χ1n) is 12.7. The van der Waals surface area contributed by atoms with Crippen LogP contribution in [0.25, 0.3) is 0 Å². The second-order valence-corrected chi connectivity index (χ2v) is 8.66.